The summed E-state index contributed by atoms with van der Waals surface area (Å²) in [5.74, 6) is 0.359. The van der Waals surface area contributed by atoms with E-state index in [1.807, 2.05) is 12.1 Å². The minimum Gasteiger partial charge on any atom is -0.506 e. The Kier molecular flexibility index (Phi) is 2.76. The average molecular weight is 252 g/mol. The summed E-state index contributed by atoms with van der Waals surface area (Å²) in [6, 6.07) is 14.0. The monoisotopic (exact) mass is 252 g/mol. The normalized spacial score (nSPS) is 14.1. The molecule has 1 heterocycles. The molecule has 2 N–H and O–H groups in total. The van der Waals surface area contributed by atoms with Crippen LogP contribution in [0.25, 0.3) is 0 Å². The van der Waals surface area contributed by atoms with Crippen LogP contribution in [0.3, 0.4) is 0 Å². The summed E-state index contributed by atoms with van der Waals surface area (Å²) in [6.45, 7) is 3.04. The Labute approximate surface area is 111 Å². The molecular weight excluding hydrogens is 240 g/mol. The van der Waals surface area contributed by atoms with Crippen LogP contribution in [0.2, 0.25) is 0 Å². The number of anilines is 2. The van der Waals surface area contributed by atoms with Gasteiger partial charge in [-0.1, -0.05) is 24.3 Å². The van der Waals surface area contributed by atoms with Gasteiger partial charge in [0.1, 0.15) is 11.5 Å². The van der Waals surface area contributed by atoms with Crippen LogP contribution in [0.4, 0.5) is 11.4 Å². The molecule has 0 saturated heterocycles. The lowest BCUT2D eigenvalue weighted by Gasteiger charge is -2.20. The third-order valence-corrected chi connectivity index (χ3v) is 2.86. The first-order valence-electron chi connectivity index (χ1n) is 5.85. The molecule has 1 aliphatic rings. The Morgan fingerprint density at radius 2 is 1.11 bits per heavy atom. The summed E-state index contributed by atoms with van der Waals surface area (Å²) in [5.41, 5.74) is 1.27. The van der Waals surface area contributed by atoms with Crippen molar-refractivity contribution in [3.05, 3.63) is 67.6 Å². The van der Waals surface area contributed by atoms with Crippen molar-refractivity contribution < 1.29 is 10.2 Å². The molecule has 2 aromatic rings. The predicted molar refractivity (Wildman–Crippen MR) is 73.6 cm³/mol. The van der Waals surface area contributed by atoms with Crippen LogP contribution in [0.1, 0.15) is 0 Å². The predicted octanol–water partition coefficient (Wildman–Crippen LogP) is 2.89. The average Bonchev–Trinajstić information content (AvgIpc) is 2.89. The fourth-order valence-electron chi connectivity index (χ4n) is 1.92. The lowest BCUT2D eigenvalue weighted by Crippen LogP contribution is -2.18. The van der Waals surface area contributed by atoms with E-state index in [0.717, 1.165) is 0 Å². The molecule has 0 spiro atoms. The summed E-state index contributed by atoms with van der Waals surface area (Å²) in [5, 5.41) is 19.6. The van der Waals surface area contributed by atoms with Crippen molar-refractivity contribution in [2.24, 2.45) is 0 Å². The van der Waals surface area contributed by atoms with E-state index in [1.54, 1.807) is 58.6 Å². The fraction of sp³-hybridized carbons (Fsp3) is 0. The Morgan fingerprint density at radius 3 is 1.53 bits per heavy atom. The number of phenols is 2. The standard InChI is InChI=1S/C15H12N2O2/c18-14-7-3-1-5-12(14)16-9-10-17(11-16)13-6-2-4-8-15(13)19/h1-10,18-19H. The van der Waals surface area contributed by atoms with Gasteiger partial charge in [0.25, 0.3) is 0 Å². The number of phenolic OH excluding ortho intramolecular Hbond substituents is 2. The van der Waals surface area contributed by atoms with Gasteiger partial charge in [-0.2, -0.15) is 0 Å². The Balaban J connectivity index is 1.84. The zero-order valence-corrected chi connectivity index (χ0v) is 10.1. The molecular formula is C15H12N2O2. The number of hydrogen-bond acceptors (Lipinski definition) is 4. The second kappa shape index (κ2) is 4.57. The molecule has 1 aliphatic heterocycles. The van der Waals surface area contributed by atoms with Crippen molar-refractivity contribution in [2.45, 2.75) is 0 Å². The number of rotatable bonds is 2. The van der Waals surface area contributed by atoms with Gasteiger partial charge in [-0.15, -0.1) is 0 Å². The molecule has 0 aliphatic carbocycles. The van der Waals surface area contributed by atoms with Gasteiger partial charge in [0.05, 0.1) is 11.4 Å². The largest absolute Gasteiger partial charge is 0.506 e. The summed E-state index contributed by atoms with van der Waals surface area (Å²) in [4.78, 5) is 3.34. The summed E-state index contributed by atoms with van der Waals surface area (Å²) >= 11 is 0. The first kappa shape index (κ1) is 11.5. The molecule has 0 aromatic heterocycles. The van der Waals surface area contributed by atoms with Gasteiger partial charge in [0.2, 0.25) is 6.67 Å². The van der Waals surface area contributed by atoms with Crippen molar-refractivity contribution in [3.63, 3.8) is 0 Å². The molecule has 0 bridgehead atoms. The van der Waals surface area contributed by atoms with E-state index in [9.17, 15) is 10.2 Å². The Morgan fingerprint density at radius 1 is 0.684 bits per heavy atom. The molecule has 0 atom stereocenters. The van der Waals surface area contributed by atoms with Crippen LogP contribution in [-0.2, 0) is 0 Å². The van der Waals surface area contributed by atoms with E-state index in [0.29, 0.717) is 11.4 Å². The second-order valence-corrected chi connectivity index (χ2v) is 4.12. The van der Waals surface area contributed by atoms with E-state index in [4.69, 9.17) is 0 Å². The van der Waals surface area contributed by atoms with Gasteiger partial charge in [-0.05, 0) is 24.3 Å². The molecule has 94 valence electrons. The van der Waals surface area contributed by atoms with Gasteiger partial charge in [-0.25, -0.2) is 0 Å². The highest BCUT2D eigenvalue weighted by Crippen LogP contribution is 2.35. The van der Waals surface area contributed by atoms with Gasteiger partial charge >= 0.3 is 0 Å². The maximum absolute atomic E-state index is 9.80. The van der Waals surface area contributed by atoms with E-state index in [1.165, 1.54) is 0 Å². The number of benzene rings is 2. The zero-order valence-electron chi connectivity index (χ0n) is 10.1. The van der Waals surface area contributed by atoms with Gasteiger partial charge in [0.15, 0.2) is 0 Å². The van der Waals surface area contributed by atoms with Crippen LogP contribution in [0.5, 0.6) is 11.5 Å². The molecule has 3 rings (SSSR count). The Hall–Kier alpha value is -2.62. The molecule has 2 aromatic carbocycles. The van der Waals surface area contributed by atoms with Gasteiger partial charge < -0.3 is 20.0 Å². The highest BCUT2D eigenvalue weighted by molar-refractivity contribution is 5.69. The van der Waals surface area contributed by atoms with Crippen LogP contribution >= 0.6 is 0 Å². The minimum absolute atomic E-state index is 0.179. The molecule has 0 saturated carbocycles. The minimum atomic E-state index is 0.179. The van der Waals surface area contributed by atoms with Crippen molar-refractivity contribution in [1.29, 1.82) is 0 Å². The molecule has 2 radical (unpaired) electrons. The van der Waals surface area contributed by atoms with Crippen LogP contribution in [0, 0.1) is 6.67 Å². The van der Waals surface area contributed by atoms with Crippen LogP contribution in [-0.4, -0.2) is 10.2 Å². The lowest BCUT2D eigenvalue weighted by molar-refractivity contribution is 0.475. The van der Waals surface area contributed by atoms with E-state index in [2.05, 4.69) is 6.67 Å². The quantitative estimate of drug-likeness (QED) is 0.862. The van der Waals surface area contributed by atoms with E-state index < -0.39 is 0 Å². The third kappa shape index (κ3) is 2.08. The number of aromatic hydroxyl groups is 2. The summed E-state index contributed by atoms with van der Waals surface area (Å²) in [7, 11) is 0. The zero-order chi connectivity index (χ0) is 13.2. The molecule has 0 fully saturated rings. The maximum Gasteiger partial charge on any atom is 0.217 e. The SMILES string of the molecule is Oc1ccccc1N1[C]N(c2ccccc2O)C=C1. The third-order valence-electron chi connectivity index (χ3n) is 2.86. The van der Waals surface area contributed by atoms with E-state index >= 15 is 0 Å². The van der Waals surface area contributed by atoms with Crippen LogP contribution < -0.4 is 9.80 Å². The van der Waals surface area contributed by atoms with Gasteiger partial charge in [-0.3, -0.25) is 0 Å². The fourth-order valence-corrected chi connectivity index (χ4v) is 1.92. The van der Waals surface area contributed by atoms with Gasteiger partial charge in [0, 0.05) is 12.4 Å². The van der Waals surface area contributed by atoms with Crippen LogP contribution in [0.15, 0.2) is 60.9 Å². The smallest absolute Gasteiger partial charge is 0.217 e. The van der Waals surface area contributed by atoms with Crippen molar-refractivity contribution in [2.75, 3.05) is 9.80 Å². The number of nitrogens with zero attached hydrogens (tertiary/aromatic N) is 2. The first-order chi connectivity index (χ1) is 9.25. The molecule has 4 nitrogen and oxygen atoms in total. The molecule has 0 amide bonds. The molecule has 19 heavy (non-hydrogen) atoms. The summed E-state index contributed by atoms with van der Waals surface area (Å²) < 4.78 is 0. The molecule has 0 unspecified atom stereocenters. The number of para-hydroxylation sites is 4. The number of hydrogen-bond donors (Lipinski definition) is 2. The van der Waals surface area contributed by atoms with E-state index in [-0.39, 0.29) is 11.5 Å². The lowest BCUT2D eigenvalue weighted by atomic mass is 10.2. The van der Waals surface area contributed by atoms with Crippen molar-refractivity contribution >= 4 is 11.4 Å². The maximum atomic E-state index is 9.80. The molecule has 4 heteroatoms. The highest BCUT2D eigenvalue weighted by Gasteiger charge is 2.21. The topological polar surface area (TPSA) is 46.9 Å². The summed E-state index contributed by atoms with van der Waals surface area (Å²) in [6.07, 6.45) is 3.53. The van der Waals surface area contributed by atoms with Crippen molar-refractivity contribution in [1.82, 2.24) is 0 Å². The first-order valence-corrected chi connectivity index (χ1v) is 5.85. The Bertz CT molecular complexity index is 572. The van der Waals surface area contributed by atoms with Crippen molar-refractivity contribution in [3.8, 4) is 11.5 Å². The highest BCUT2D eigenvalue weighted by atomic mass is 16.3. The second-order valence-electron chi connectivity index (χ2n) is 4.12.